The van der Waals surface area contributed by atoms with Crippen LogP contribution >= 0.6 is 0 Å². The van der Waals surface area contributed by atoms with Gasteiger partial charge in [0.2, 0.25) is 0 Å². The number of rotatable bonds is 5. The molecule has 0 spiro atoms. The Morgan fingerprint density at radius 1 is 1.00 bits per heavy atom. The number of carbonyl (C=O) groups excluding carboxylic acids is 1. The summed E-state index contributed by atoms with van der Waals surface area (Å²) in [7, 11) is 3.14. The van der Waals surface area contributed by atoms with Crippen molar-refractivity contribution in [2.75, 3.05) is 14.2 Å². The van der Waals surface area contributed by atoms with Crippen LogP contribution < -0.4 is 9.47 Å². The van der Waals surface area contributed by atoms with Crippen molar-refractivity contribution in [2.24, 2.45) is 0 Å². The second-order valence-corrected chi connectivity index (χ2v) is 4.17. The van der Waals surface area contributed by atoms with Gasteiger partial charge in [0.25, 0.3) is 0 Å². The zero-order valence-electron chi connectivity index (χ0n) is 11.5. The average Bonchev–Trinajstić information content (AvgIpc) is 2.48. The molecule has 0 saturated carbocycles. The normalized spacial score (nSPS) is 10.1. The Bertz CT molecular complexity index is 593. The maximum Gasteiger partial charge on any atom is 0.343 e. The highest BCUT2D eigenvalue weighted by molar-refractivity contribution is 5.91. The van der Waals surface area contributed by atoms with Crippen LogP contribution in [0.4, 0.5) is 0 Å². The molecule has 0 bridgehead atoms. The van der Waals surface area contributed by atoms with Gasteiger partial charge < -0.3 is 14.2 Å². The van der Waals surface area contributed by atoms with E-state index in [2.05, 4.69) is 0 Å². The van der Waals surface area contributed by atoms with Crippen molar-refractivity contribution >= 4 is 5.97 Å². The van der Waals surface area contributed by atoms with Crippen molar-refractivity contribution in [2.45, 2.75) is 6.61 Å². The van der Waals surface area contributed by atoms with Crippen molar-refractivity contribution in [3.05, 3.63) is 59.7 Å². The summed E-state index contributed by atoms with van der Waals surface area (Å²) in [5.41, 5.74) is 1.40. The number of carbonyl (C=O) groups is 1. The van der Waals surface area contributed by atoms with Crippen LogP contribution in [0.2, 0.25) is 0 Å². The molecule has 0 fully saturated rings. The molecule has 0 saturated heterocycles. The average molecular weight is 272 g/mol. The van der Waals surface area contributed by atoms with E-state index < -0.39 is 5.97 Å². The Morgan fingerprint density at radius 2 is 1.75 bits per heavy atom. The lowest BCUT2D eigenvalue weighted by Gasteiger charge is -2.09. The molecule has 0 amide bonds. The highest BCUT2D eigenvalue weighted by atomic mass is 16.6. The summed E-state index contributed by atoms with van der Waals surface area (Å²) >= 11 is 0. The van der Waals surface area contributed by atoms with Crippen molar-refractivity contribution < 1.29 is 19.0 Å². The van der Waals surface area contributed by atoms with Crippen LogP contribution in [0, 0.1) is 0 Å². The molecule has 104 valence electrons. The van der Waals surface area contributed by atoms with E-state index in [0.29, 0.717) is 23.7 Å². The monoisotopic (exact) mass is 272 g/mol. The fourth-order valence-electron chi connectivity index (χ4n) is 1.82. The zero-order chi connectivity index (χ0) is 14.4. The molecule has 2 rings (SSSR count). The van der Waals surface area contributed by atoms with E-state index in [0.717, 1.165) is 5.56 Å². The quantitative estimate of drug-likeness (QED) is 0.620. The van der Waals surface area contributed by atoms with E-state index in [9.17, 15) is 4.79 Å². The van der Waals surface area contributed by atoms with E-state index in [1.165, 1.54) is 7.11 Å². The molecule has 0 atom stereocenters. The summed E-state index contributed by atoms with van der Waals surface area (Å²) in [4.78, 5) is 12.1. The topological polar surface area (TPSA) is 44.8 Å². The van der Waals surface area contributed by atoms with Crippen LogP contribution in [0.25, 0.3) is 0 Å². The first-order chi connectivity index (χ1) is 9.74. The minimum Gasteiger partial charge on any atom is -0.493 e. The van der Waals surface area contributed by atoms with Crippen LogP contribution in [0.5, 0.6) is 11.5 Å². The molecule has 4 nitrogen and oxygen atoms in total. The molecule has 0 radical (unpaired) electrons. The number of methoxy groups -OCH3 is 2. The summed E-state index contributed by atoms with van der Waals surface area (Å²) in [5.74, 6) is 0.499. The van der Waals surface area contributed by atoms with Crippen molar-refractivity contribution in [3.8, 4) is 11.5 Å². The van der Waals surface area contributed by atoms with E-state index >= 15 is 0 Å². The summed E-state index contributed by atoms with van der Waals surface area (Å²) in [6.45, 7) is 0.454. The minimum absolute atomic E-state index is 0.400. The molecule has 0 unspecified atom stereocenters. The Kier molecular flexibility index (Phi) is 4.74. The van der Waals surface area contributed by atoms with Gasteiger partial charge in [0, 0.05) is 7.11 Å². The number of hydrogen-bond donors (Lipinski definition) is 0. The first-order valence-electron chi connectivity index (χ1n) is 6.17. The van der Waals surface area contributed by atoms with Gasteiger partial charge in [-0.1, -0.05) is 24.3 Å². The maximum atomic E-state index is 12.1. The molecular formula is C16H16O4. The summed E-state index contributed by atoms with van der Waals surface area (Å²) in [5, 5.41) is 0. The van der Waals surface area contributed by atoms with Gasteiger partial charge >= 0.3 is 5.97 Å². The lowest BCUT2D eigenvalue weighted by atomic mass is 10.1. The molecular weight excluding hydrogens is 256 g/mol. The molecule has 0 aliphatic heterocycles. The lowest BCUT2D eigenvalue weighted by molar-refractivity contribution is 0.0729. The highest BCUT2D eigenvalue weighted by Crippen LogP contribution is 2.26. The SMILES string of the molecule is COCc1cccc(C(=O)Oc2ccccc2OC)c1. The third-order valence-corrected chi connectivity index (χ3v) is 2.75. The van der Waals surface area contributed by atoms with Crippen LogP contribution in [0.3, 0.4) is 0 Å². The summed E-state index contributed by atoms with van der Waals surface area (Å²) in [6, 6.07) is 14.2. The first-order valence-corrected chi connectivity index (χ1v) is 6.17. The van der Waals surface area contributed by atoms with Crippen molar-refractivity contribution in [3.63, 3.8) is 0 Å². The molecule has 4 heteroatoms. The second-order valence-electron chi connectivity index (χ2n) is 4.17. The number of benzene rings is 2. The van der Waals surface area contributed by atoms with Crippen LogP contribution in [-0.4, -0.2) is 20.2 Å². The highest BCUT2D eigenvalue weighted by Gasteiger charge is 2.12. The Labute approximate surface area is 117 Å². The molecule has 2 aromatic carbocycles. The van der Waals surface area contributed by atoms with E-state index in [1.807, 2.05) is 12.1 Å². The maximum absolute atomic E-state index is 12.1. The van der Waals surface area contributed by atoms with Gasteiger partial charge in [0.1, 0.15) is 0 Å². The van der Waals surface area contributed by atoms with Gasteiger partial charge in [-0.2, -0.15) is 0 Å². The molecule has 0 aliphatic carbocycles. The molecule has 20 heavy (non-hydrogen) atoms. The number of hydrogen-bond acceptors (Lipinski definition) is 4. The standard InChI is InChI=1S/C16H16O4/c1-18-11-12-6-5-7-13(10-12)16(17)20-15-9-4-3-8-14(15)19-2/h3-10H,11H2,1-2H3. The Balaban J connectivity index is 2.17. The molecule has 0 N–H and O–H groups in total. The smallest absolute Gasteiger partial charge is 0.343 e. The van der Waals surface area contributed by atoms with Gasteiger partial charge in [0.05, 0.1) is 19.3 Å². The summed E-state index contributed by atoms with van der Waals surface area (Å²) in [6.07, 6.45) is 0. The fourth-order valence-corrected chi connectivity index (χ4v) is 1.82. The largest absolute Gasteiger partial charge is 0.493 e. The van der Waals surface area contributed by atoms with Crippen molar-refractivity contribution in [1.29, 1.82) is 0 Å². The third-order valence-electron chi connectivity index (χ3n) is 2.75. The third kappa shape index (κ3) is 3.36. The zero-order valence-corrected chi connectivity index (χ0v) is 11.5. The van der Waals surface area contributed by atoms with Gasteiger partial charge in [-0.05, 0) is 29.8 Å². The predicted molar refractivity (Wildman–Crippen MR) is 75.1 cm³/mol. The molecule has 2 aromatic rings. The molecule has 0 heterocycles. The van der Waals surface area contributed by atoms with Crippen LogP contribution in [-0.2, 0) is 11.3 Å². The predicted octanol–water partition coefficient (Wildman–Crippen LogP) is 3.06. The fraction of sp³-hybridized carbons (Fsp3) is 0.188. The Hall–Kier alpha value is -2.33. The number of ether oxygens (including phenoxy) is 3. The van der Waals surface area contributed by atoms with Crippen LogP contribution in [0.15, 0.2) is 48.5 Å². The Morgan fingerprint density at radius 3 is 2.45 bits per heavy atom. The van der Waals surface area contributed by atoms with Gasteiger partial charge in [0.15, 0.2) is 11.5 Å². The number of esters is 1. The lowest BCUT2D eigenvalue weighted by Crippen LogP contribution is -2.09. The van der Waals surface area contributed by atoms with Crippen LogP contribution in [0.1, 0.15) is 15.9 Å². The van der Waals surface area contributed by atoms with E-state index in [-0.39, 0.29) is 0 Å². The molecule has 0 aliphatic rings. The van der Waals surface area contributed by atoms with Gasteiger partial charge in [-0.15, -0.1) is 0 Å². The minimum atomic E-state index is -0.424. The van der Waals surface area contributed by atoms with Crippen molar-refractivity contribution in [1.82, 2.24) is 0 Å². The summed E-state index contributed by atoms with van der Waals surface area (Å²) < 4.78 is 15.5. The molecule has 0 aromatic heterocycles. The second kappa shape index (κ2) is 6.73. The van der Waals surface area contributed by atoms with E-state index in [4.69, 9.17) is 14.2 Å². The first kappa shape index (κ1) is 14.1. The van der Waals surface area contributed by atoms with Gasteiger partial charge in [-0.3, -0.25) is 0 Å². The number of para-hydroxylation sites is 2. The van der Waals surface area contributed by atoms with E-state index in [1.54, 1.807) is 43.5 Å². The van der Waals surface area contributed by atoms with Gasteiger partial charge in [-0.25, -0.2) is 4.79 Å².